The summed E-state index contributed by atoms with van der Waals surface area (Å²) in [5.74, 6) is 1.14. The molecule has 7 heteroatoms. The lowest BCUT2D eigenvalue weighted by molar-refractivity contribution is 0.579. The van der Waals surface area contributed by atoms with Crippen LogP contribution in [0, 0.1) is 0 Å². The third kappa shape index (κ3) is 2.73. The summed E-state index contributed by atoms with van der Waals surface area (Å²) in [6.45, 7) is 0.512. The summed E-state index contributed by atoms with van der Waals surface area (Å²) in [4.78, 5) is 0.200. The zero-order valence-electron chi connectivity index (χ0n) is 8.14. The Morgan fingerprint density at radius 1 is 1.67 bits per heavy atom. The lowest BCUT2D eigenvalue weighted by atomic mass is 10.2. The van der Waals surface area contributed by atoms with Gasteiger partial charge >= 0.3 is 0 Å². The first-order chi connectivity index (χ1) is 7.18. The maximum atomic E-state index is 11.7. The van der Waals surface area contributed by atoms with Crippen molar-refractivity contribution in [1.29, 1.82) is 0 Å². The molecule has 0 spiro atoms. The topological polar surface area (TPSA) is 74.8 Å². The van der Waals surface area contributed by atoms with Gasteiger partial charge in [0.15, 0.2) is 0 Å². The molecule has 2 heterocycles. The highest BCUT2D eigenvalue weighted by atomic mass is 32.2. The number of hydrogen-bond acceptors (Lipinski definition) is 4. The number of nitrogens with one attached hydrogen (secondary N) is 2. The molecule has 84 valence electrons. The van der Waals surface area contributed by atoms with E-state index < -0.39 is 10.0 Å². The number of nitrogens with zero attached hydrogens (tertiary/aromatic N) is 1. The highest BCUT2D eigenvalue weighted by molar-refractivity contribution is 8.00. The molecule has 0 saturated carbocycles. The van der Waals surface area contributed by atoms with Gasteiger partial charge in [-0.15, -0.1) is 0 Å². The number of hydrogen-bond donors (Lipinski definition) is 2. The van der Waals surface area contributed by atoms with Gasteiger partial charge in [0, 0.05) is 18.0 Å². The molecule has 0 amide bonds. The standard InChI is InChI=1S/C8H13N3O2S2/c12-15(13,8-5-9-10-6-8)11-4-7-2-1-3-14-7/h5-7,11H,1-4H2,(H,9,10). The van der Waals surface area contributed by atoms with Crippen LogP contribution in [0.3, 0.4) is 0 Å². The summed E-state index contributed by atoms with van der Waals surface area (Å²) in [7, 11) is -3.36. The average Bonchev–Trinajstić information content (AvgIpc) is 2.88. The minimum absolute atomic E-state index is 0.200. The molecular weight excluding hydrogens is 234 g/mol. The van der Waals surface area contributed by atoms with Crippen molar-refractivity contribution in [3.8, 4) is 0 Å². The molecule has 0 aliphatic carbocycles. The highest BCUT2D eigenvalue weighted by Crippen LogP contribution is 2.25. The molecule has 1 saturated heterocycles. The number of thioether (sulfide) groups is 1. The zero-order chi connectivity index (χ0) is 10.7. The predicted molar refractivity (Wildman–Crippen MR) is 59.3 cm³/mol. The van der Waals surface area contributed by atoms with Gasteiger partial charge in [-0.2, -0.15) is 16.9 Å². The van der Waals surface area contributed by atoms with Crippen LogP contribution in [0.4, 0.5) is 0 Å². The number of rotatable bonds is 4. The summed E-state index contributed by atoms with van der Waals surface area (Å²) in [5.41, 5.74) is 0. The molecule has 0 radical (unpaired) electrons. The molecule has 1 aromatic rings. The van der Waals surface area contributed by atoms with E-state index in [1.807, 2.05) is 11.8 Å². The molecule has 1 fully saturated rings. The number of sulfonamides is 1. The first kappa shape index (κ1) is 11.0. The Bertz CT molecular complexity index is 396. The molecule has 0 aromatic carbocycles. The SMILES string of the molecule is O=S(=O)(NCC1CCCS1)c1cn[nH]c1. The molecular formula is C8H13N3O2S2. The molecule has 1 aromatic heterocycles. The van der Waals surface area contributed by atoms with E-state index in [0.717, 1.165) is 12.2 Å². The van der Waals surface area contributed by atoms with Gasteiger partial charge in [0.05, 0.1) is 6.20 Å². The third-order valence-electron chi connectivity index (χ3n) is 2.31. The largest absolute Gasteiger partial charge is 0.284 e. The van der Waals surface area contributed by atoms with Gasteiger partial charge in [-0.05, 0) is 18.6 Å². The lowest BCUT2D eigenvalue weighted by Gasteiger charge is -2.09. The van der Waals surface area contributed by atoms with Crippen molar-refractivity contribution in [1.82, 2.24) is 14.9 Å². The summed E-state index contributed by atoms with van der Waals surface area (Å²) in [6.07, 6.45) is 4.97. The second kappa shape index (κ2) is 4.54. The van der Waals surface area contributed by atoms with Gasteiger partial charge in [0.25, 0.3) is 0 Å². The van der Waals surface area contributed by atoms with E-state index in [1.54, 1.807) is 0 Å². The second-order valence-electron chi connectivity index (χ2n) is 3.42. The number of aromatic amines is 1. The predicted octanol–water partition coefficient (Wildman–Crippen LogP) is 0.584. The molecule has 1 atom stereocenters. The average molecular weight is 247 g/mol. The Morgan fingerprint density at radius 3 is 3.13 bits per heavy atom. The summed E-state index contributed by atoms with van der Waals surface area (Å²) >= 11 is 1.83. The number of aromatic nitrogens is 2. The Balaban J connectivity index is 1.93. The molecule has 1 aliphatic rings. The van der Waals surface area contributed by atoms with E-state index in [4.69, 9.17) is 0 Å². The van der Waals surface area contributed by atoms with Crippen molar-refractivity contribution in [3.63, 3.8) is 0 Å². The minimum Gasteiger partial charge on any atom is -0.284 e. The van der Waals surface area contributed by atoms with Gasteiger partial charge in [0.2, 0.25) is 10.0 Å². The van der Waals surface area contributed by atoms with E-state index in [1.165, 1.54) is 18.8 Å². The van der Waals surface area contributed by atoms with Gasteiger partial charge in [-0.3, -0.25) is 5.10 Å². The number of H-pyrrole nitrogens is 1. The van der Waals surface area contributed by atoms with Crippen LogP contribution < -0.4 is 4.72 Å². The van der Waals surface area contributed by atoms with E-state index >= 15 is 0 Å². The fraction of sp³-hybridized carbons (Fsp3) is 0.625. The molecule has 2 rings (SSSR count). The fourth-order valence-corrected chi connectivity index (χ4v) is 3.77. The van der Waals surface area contributed by atoms with E-state index in [9.17, 15) is 8.42 Å². The van der Waals surface area contributed by atoms with Gasteiger partial charge < -0.3 is 0 Å². The van der Waals surface area contributed by atoms with Crippen molar-refractivity contribution >= 4 is 21.8 Å². The molecule has 1 unspecified atom stereocenters. The van der Waals surface area contributed by atoms with Crippen LogP contribution in [-0.4, -0.2) is 36.2 Å². The Labute approximate surface area is 93.1 Å². The van der Waals surface area contributed by atoms with Crippen LogP contribution in [-0.2, 0) is 10.0 Å². The quantitative estimate of drug-likeness (QED) is 0.816. The summed E-state index contributed by atoms with van der Waals surface area (Å²) in [6, 6.07) is 0. The van der Waals surface area contributed by atoms with Crippen LogP contribution in [0.25, 0.3) is 0 Å². The molecule has 0 bridgehead atoms. The van der Waals surface area contributed by atoms with Crippen molar-refractivity contribution in [2.75, 3.05) is 12.3 Å². The highest BCUT2D eigenvalue weighted by Gasteiger charge is 2.20. The van der Waals surface area contributed by atoms with Crippen LogP contribution in [0.15, 0.2) is 17.3 Å². The Kier molecular flexibility index (Phi) is 3.32. The first-order valence-corrected chi connectivity index (χ1v) is 7.32. The monoisotopic (exact) mass is 247 g/mol. The van der Waals surface area contributed by atoms with Crippen LogP contribution in [0.1, 0.15) is 12.8 Å². The lowest BCUT2D eigenvalue weighted by Crippen LogP contribution is -2.29. The van der Waals surface area contributed by atoms with Gasteiger partial charge in [-0.1, -0.05) is 0 Å². The second-order valence-corrected chi connectivity index (χ2v) is 6.60. The minimum atomic E-state index is -3.36. The van der Waals surface area contributed by atoms with Crippen LogP contribution in [0.5, 0.6) is 0 Å². The molecule has 5 nitrogen and oxygen atoms in total. The Morgan fingerprint density at radius 2 is 2.53 bits per heavy atom. The fourth-order valence-electron chi connectivity index (χ4n) is 1.48. The summed E-state index contributed by atoms with van der Waals surface area (Å²) < 4.78 is 25.9. The maximum absolute atomic E-state index is 11.7. The van der Waals surface area contributed by atoms with E-state index in [-0.39, 0.29) is 4.90 Å². The van der Waals surface area contributed by atoms with Crippen LogP contribution >= 0.6 is 11.8 Å². The first-order valence-electron chi connectivity index (χ1n) is 4.78. The smallest absolute Gasteiger partial charge is 0.243 e. The normalized spacial score (nSPS) is 22.0. The maximum Gasteiger partial charge on any atom is 0.243 e. The van der Waals surface area contributed by atoms with E-state index in [2.05, 4.69) is 14.9 Å². The Hall–Kier alpha value is -0.530. The van der Waals surface area contributed by atoms with Crippen molar-refractivity contribution < 1.29 is 8.42 Å². The molecule has 2 N–H and O–H groups in total. The zero-order valence-corrected chi connectivity index (χ0v) is 9.77. The summed E-state index contributed by atoms with van der Waals surface area (Å²) in [5, 5.41) is 6.53. The van der Waals surface area contributed by atoms with Crippen molar-refractivity contribution in [3.05, 3.63) is 12.4 Å². The van der Waals surface area contributed by atoms with Gasteiger partial charge in [0.1, 0.15) is 4.90 Å². The van der Waals surface area contributed by atoms with E-state index in [0.29, 0.717) is 11.8 Å². The van der Waals surface area contributed by atoms with Gasteiger partial charge in [-0.25, -0.2) is 13.1 Å². The molecule has 1 aliphatic heterocycles. The van der Waals surface area contributed by atoms with Crippen molar-refractivity contribution in [2.45, 2.75) is 23.0 Å². The third-order valence-corrected chi connectivity index (χ3v) is 5.10. The van der Waals surface area contributed by atoms with Crippen LogP contribution in [0.2, 0.25) is 0 Å². The van der Waals surface area contributed by atoms with Crippen molar-refractivity contribution in [2.24, 2.45) is 0 Å². The molecule has 15 heavy (non-hydrogen) atoms.